The van der Waals surface area contributed by atoms with E-state index in [0.29, 0.717) is 17.5 Å². The summed E-state index contributed by atoms with van der Waals surface area (Å²) in [6.07, 6.45) is 3.20. The Kier molecular flexibility index (Phi) is 10.3. The maximum atomic E-state index is 13.4. The lowest BCUT2D eigenvalue weighted by Crippen LogP contribution is -2.55. The number of barbiturate groups is 1. The number of carbonyl (C=O) groups excluding carboxylic acids is 4. The number of ether oxygens (including phenoxy) is 1. The molecule has 5 amide bonds. The van der Waals surface area contributed by atoms with E-state index in [9.17, 15) is 24.3 Å². The SMILES string of the molecule is CCC(NC(=O)c1ccc(N2C(=O)C(=Cc3ccc(O)cc3)C(=O)N(C)C2=O)cc1)Oc1ccc(C(C)(C)CC)cc1C(C)(C)CC. The molecule has 1 aliphatic heterocycles. The Morgan fingerprint density at radius 2 is 1.49 bits per heavy atom. The molecule has 248 valence electrons. The van der Waals surface area contributed by atoms with Crippen molar-refractivity contribution in [1.29, 1.82) is 0 Å². The summed E-state index contributed by atoms with van der Waals surface area (Å²) in [5.74, 6) is -1.13. The molecule has 9 nitrogen and oxygen atoms in total. The molecule has 2 N–H and O–H groups in total. The molecule has 0 spiro atoms. The van der Waals surface area contributed by atoms with Crippen molar-refractivity contribution in [3.8, 4) is 11.5 Å². The molecule has 9 heteroatoms. The number of hydrogen-bond donors (Lipinski definition) is 2. The fourth-order valence-corrected chi connectivity index (χ4v) is 5.14. The number of likely N-dealkylation sites (N-methyl/N-ethyl adjacent to an activating group) is 1. The largest absolute Gasteiger partial charge is 0.508 e. The van der Waals surface area contributed by atoms with Gasteiger partial charge in [-0.25, -0.2) is 9.69 Å². The number of carbonyl (C=O) groups is 4. The Bertz CT molecular complexity index is 1690. The normalized spacial score (nSPS) is 15.7. The van der Waals surface area contributed by atoms with Crippen LogP contribution in [0.5, 0.6) is 11.5 Å². The smallest absolute Gasteiger partial charge is 0.338 e. The van der Waals surface area contributed by atoms with Gasteiger partial charge in [0.05, 0.1) is 5.69 Å². The van der Waals surface area contributed by atoms with Crippen molar-refractivity contribution in [1.82, 2.24) is 10.2 Å². The van der Waals surface area contributed by atoms with Gasteiger partial charge in [0, 0.05) is 24.6 Å². The first-order valence-electron chi connectivity index (χ1n) is 16.0. The van der Waals surface area contributed by atoms with Gasteiger partial charge in [-0.3, -0.25) is 19.3 Å². The second kappa shape index (κ2) is 13.8. The Balaban J connectivity index is 1.54. The number of nitrogens with one attached hydrogen (secondary N) is 1. The number of phenolic OH excluding ortho intramolecular Hbond substituents is 1. The highest BCUT2D eigenvalue weighted by molar-refractivity contribution is 6.39. The van der Waals surface area contributed by atoms with Crippen LogP contribution < -0.4 is 15.0 Å². The van der Waals surface area contributed by atoms with Crippen molar-refractivity contribution < 1.29 is 29.0 Å². The molecule has 1 atom stereocenters. The van der Waals surface area contributed by atoms with Gasteiger partial charge in [0.2, 0.25) is 0 Å². The quantitative estimate of drug-likeness (QED) is 0.129. The van der Waals surface area contributed by atoms with E-state index >= 15 is 0 Å². The average molecular weight is 640 g/mol. The standard InChI is InChI=1S/C38H45N3O6/c1-9-32(47-31-21-16-26(37(4,5)10-2)23-30(31)38(6,7)11-3)39-33(43)25-14-17-27(18-15-25)41-35(45)29(34(44)40(8)36(41)46)22-24-12-19-28(42)20-13-24/h12-23,32,42H,9-11H2,1-8H3,(H,39,43). The van der Waals surface area contributed by atoms with E-state index in [0.717, 1.165) is 34.0 Å². The number of aromatic hydroxyl groups is 1. The lowest BCUT2D eigenvalue weighted by Gasteiger charge is -2.32. The van der Waals surface area contributed by atoms with Gasteiger partial charge in [0.25, 0.3) is 17.7 Å². The number of anilines is 1. The van der Waals surface area contributed by atoms with E-state index in [-0.39, 0.29) is 33.7 Å². The van der Waals surface area contributed by atoms with E-state index in [1.54, 1.807) is 12.1 Å². The molecule has 47 heavy (non-hydrogen) atoms. The van der Waals surface area contributed by atoms with Crippen LogP contribution in [0.4, 0.5) is 10.5 Å². The van der Waals surface area contributed by atoms with Gasteiger partial charge in [-0.05, 0) is 83.3 Å². The summed E-state index contributed by atoms with van der Waals surface area (Å²) in [4.78, 5) is 54.4. The van der Waals surface area contributed by atoms with E-state index in [1.165, 1.54) is 55.1 Å². The van der Waals surface area contributed by atoms with Gasteiger partial charge in [-0.1, -0.05) is 72.7 Å². The second-order valence-electron chi connectivity index (χ2n) is 13.2. The van der Waals surface area contributed by atoms with Gasteiger partial charge < -0.3 is 15.2 Å². The summed E-state index contributed by atoms with van der Waals surface area (Å²) in [6.45, 7) is 15.1. The van der Waals surface area contributed by atoms with Gasteiger partial charge in [0.15, 0.2) is 6.23 Å². The molecule has 0 bridgehead atoms. The maximum absolute atomic E-state index is 13.4. The van der Waals surface area contributed by atoms with Crippen LogP contribution in [0.15, 0.2) is 72.3 Å². The third-order valence-corrected chi connectivity index (χ3v) is 9.23. The summed E-state index contributed by atoms with van der Waals surface area (Å²) in [5, 5.41) is 12.5. The van der Waals surface area contributed by atoms with Crippen molar-refractivity contribution in [3.63, 3.8) is 0 Å². The van der Waals surface area contributed by atoms with Crippen LogP contribution in [0.2, 0.25) is 0 Å². The van der Waals surface area contributed by atoms with Gasteiger partial charge in [-0.15, -0.1) is 0 Å². The minimum atomic E-state index is -0.807. The van der Waals surface area contributed by atoms with Crippen LogP contribution in [-0.4, -0.2) is 47.0 Å². The number of benzene rings is 3. The van der Waals surface area contributed by atoms with Gasteiger partial charge in [-0.2, -0.15) is 0 Å². The highest BCUT2D eigenvalue weighted by atomic mass is 16.5. The van der Waals surface area contributed by atoms with Gasteiger partial charge >= 0.3 is 6.03 Å². The molecule has 0 aromatic heterocycles. The summed E-state index contributed by atoms with van der Waals surface area (Å²) >= 11 is 0. The molecular weight excluding hydrogens is 594 g/mol. The number of imide groups is 2. The summed E-state index contributed by atoms with van der Waals surface area (Å²) in [7, 11) is 1.30. The van der Waals surface area contributed by atoms with Crippen molar-refractivity contribution in [2.45, 2.75) is 84.8 Å². The number of hydrogen-bond acceptors (Lipinski definition) is 6. The number of phenols is 1. The predicted octanol–water partition coefficient (Wildman–Crippen LogP) is 7.32. The Morgan fingerprint density at radius 3 is 2.06 bits per heavy atom. The van der Waals surface area contributed by atoms with Crippen molar-refractivity contribution in [3.05, 3.63) is 94.6 Å². The molecular formula is C38H45N3O6. The van der Waals surface area contributed by atoms with Gasteiger partial charge in [0.1, 0.15) is 17.1 Å². The Labute approximate surface area is 277 Å². The summed E-state index contributed by atoms with van der Waals surface area (Å²) in [6, 6.07) is 17.5. The Hall–Kier alpha value is -4.92. The zero-order valence-corrected chi connectivity index (χ0v) is 28.5. The molecule has 4 rings (SSSR count). The fourth-order valence-electron chi connectivity index (χ4n) is 5.14. The van der Waals surface area contributed by atoms with Crippen LogP contribution in [0, 0.1) is 0 Å². The third kappa shape index (κ3) is 7.40. The number of urea groups is 1. The third-order valence-electron chi connectivity index (χ3n) is 9.23. The fraction of sp³-hybridized carbons (Fsp3) is 0.368. The predicted molar refractivity (Wildman–Crippen MR) is 183 cm³/mol. The van der Waals surface area contributed by atoms with Crippen LogP contribution >= 0.6 is 0 Å². The highest BCUT2D eigenvalue weighted by Crippen LogP contribution is 2.39. The van der Waals surface area contributed by atoms with E-state index < -0.39 is 24.1 Å². The zero-order valence-electron chi connectivity index (χ0n) is 28.5. The lowest BCUT2D eigenvalue weighted by atomic mass is 9.76. The first-order valence-corrected chi connectivity index (χ1v) is 16.0. The number of rotatable bonds is 11. The first-order chi connectivity index (χ1) is 22.1. The van der Waals surface area contributed by atoms with E-state index in [4.69, 9.17) is 4.74 Å². The summed E-state index contributed by atoms with van der Waals surface area (Å²) < 4.78 is 6.43. The highest BCUT2D eigenvalue weighted by Gasteiger charge is 2.41. The minimum absolute atomic E-state index is 0.0145. The van der Waals surface area contributed by atoms with Crippen LogP contribution in [0.25, 0.3) is 6.08 Å². The van der Waals surface area contributed by atoms with Crippen molar-refractivity contribution >= 4 is 35.5 Å². The van der Waals surface area contributed by atoms with Crippen LogP contribution in [0.3, 0.4) is 0 Å². The van der Waals surface area contributed by atoms with Crippen LogP contribution in [0.1, 0.15) is 94.8 Å². The molecule has 1 heterocycles. The minimum Gasteiger partial charge on any atom is -0.508 e. The average Bonchev–Trinajstić information content (AvgIpc) is 3.06. The summed E-state index contributed by atoms with van der Waals surface area (Å²) in [5.41, 5.74) is 3.02. The second-order valence-corrected chi connectivity index (χ2v) is 13.2. The van der Waals surface area contributed by atoms with Crippen LogP contribution in [-0.2, 0) is 20.4 Å². The van der Waals surface area contributed by atoms with Crippen molar-refractivity contribution in [2.75, 3.05) is 11.9 Å². The van der Waals surface area contributed by atoms with E-state index in [2.05, 4.69) is 59.0 Å². The molecule has 1 saturated heterocycles. The number of nitrogens with zero attached hydrogens (tertiary/aromatic N) is 2. The Morgan fingerprint density at radius 1 is 0.872 bits per heavy atom. The lowest BCUT2D eigenvalue weighted by molar-refractivity contribution is -0.128. The molecule has 1 aliphatic rings. The molecule has 0 radical (unpaired) electrons. The maximum Gasteiger partial charge on any atom is 0.338 e. The molecule has 1 unspecified atom stereocenters. The molecule has 3 aromatic carbocycles. The topological polar surface area (TPSA) is 116 Å². The molecule has 1 fully saturated rings. The number of amides is 5. The van der Waals surface area contributed by atoms with Crippen molar-refractivity contribution in [2.24, 2.45) is 0 Å². The molecule has 0 saturated carbocycles. The first kappa shape index (κ1) is 34.9. The zero-order chi connectivity index (χ0) is 34.7. The molecule has 0 aliphatic carbocycles. The monoisotopic (exact) mass is 639 g/mol. The molecule has 3 aromatic rings. The van der Waals surface area contributed by atoms with E-state index in [1.807, 2.05) is 13.0 Å².